The first-order valence-corrected chi connectivity index (χ1v) is 7.44. The molecule has 1 atom stereocenters. The number of furan rings is 1. The van der Waals surface area contributed by atoms with E-state index >= 15 is 0 Å². The molecule has 0 spiro atoms. The number of carbonyl (C=O) groups is 1. The van der Waals surface area contributed by atoms with Crippen LogP contribution in [0.2, 0.25) is 0 Å². The summed E-state index contributed by atoms with van der Waals surface area (Å²) in [6.07, 6.45) is 5.10. The normalized spacial score (nSPS) is 18.3. The molecule has 0 bridgehead atoms. The highest BCUT2D eigenvalue weighted by Crippen LogP contribution is 2.32. The lowest BCUT2D eigenvalue weighted by Gasteiger charge is -2.23. The van der Waals surface area contributed by atoms with Gasteiger partial charge in [-0.2, -0.15) is 0 Å². The molecular formula is C18H18FNO2. The molecule has 4 heteroatoms. The fourth-order valence-corrected chi connectivity index (χ4v) is 2.85. The van der Waals surface area contributed by atoms with Crippen molar-refractivity contribution in [2.45, 2.75) is 25.8 Å². The number of nitrogens with zero attached hydrogens (tertiary/aromatic N) is 1. The fourth-order valence-electron chi connectivity index (χ4n) is 2.85. The van der Waals surface area contributed by atoms with Gasteiger partial charge in [-0.25, -0.2) is 4.39 Å². The topological polar surface area (TPSA) is 33.5 Å². The van der Waals surface area contributed by atoms with E-state index in [-0.39, 0.29) is 17.8 Å². The molecule has 1 aromatic carbocycles. The third-order valence-corrected chi connectivity index (χ3v) is 3.94. The van der Waals surface area contributed by atoms with Crippen LogP contribution in [0.5, 0.6) is 0 Å². The van der Waals surface area contributed by atoms with E-state index in [1.807, 2.05) is 24.0 Å². The molecule has 1 fully saturated rings. The molecule has 3 rings (SSSR count). The van der Waals surface area contributed by atoms with Gasteiger partial charge in [0.15, 0.2) is 0 Å². The second kappa shape index (κ2) is 6.18. The summed E-state index contributed by atoms with van der Waals surface area (Å²) in [6, 6.07) is 10.1. The van der Waals surface area contributed by atoms with Gasteiger partial charge in [-0.1, -0.05) is 12.1 Å². The van der Waals surface area contributed by atoms with Crippen molar-refractivity contribution in [1.82, 2.24) is 4.90 Å². The standard InChI is InChI=1S/C18H18FNO2/c1-13-4-9-16(22-13)10-11-18(21)20-12-2-3-17(20)14-5-7-15(19)8-6-14/h4-11,17H,2-3,12H2,1H3/b11-10+. The van der Waals surface area contributed by atoms with E-state index in [2.05, 4.69) is 0 Å². The summed E-state index contributed by atoms with van der Waals surface area (Å²) in [5.74, 6) is 1.19. The summed E-state index contributed by atoms with van der Waals surface area (Å²) in [6.45, 7) is 2.59. The van der Waals surface area contributed by atoms with Gasteiger partial charge in [0.1, 0.15) is 17.3 Å². The van der Waals surface area contributed by atoms with Gasteiger partial charge in [0.2, 0.25) is 5.91 Å². The molecule has 0 saturated carbocycles. The van der Waals surface area contributed by atoms with Crippen LogP contribution in [0, 0.1) is 12.7 Å². The maximum Gasteiger partial charge on any atom is 0.247 e. The molecule has 1 aliphatic rings. The van der Waals surface area contributed by atoms with Crippen molar-refractivity contribution >= 4 is 12.0 Å². The van der Waals surface area contributed by atoms with Crippen LogP contribution >= 0.6 is 0 Å². The maximum absolute atomic E-state index is 13.0. The molecule has 3 nitrogen and oxygen atoms in total. The molecule has 22 heavy (non-hydrogen) atoms. The van der Waals surface area contributed by atoms with E-state index in [9.17, 15) is 9.18 Å². The zero-order valence-electron chi connectivity index (χ0n) is 12.5. The van der Waals surface area contributed by atoms with Crippen molar-refractivity contribution in [2.75, 3.05) is 6.54 Å². The third kappa shape index (κ3) is 3.11. The Morgan fingerprint density at radius 1 is 1.27 bits per heavy atom. The van der Waals surface area contributed by atoms with Gasteiger partial charge in [-0.3, -0.25) is 4.79 Å². The lowest BCUT2D eigenvalue weighted by atomic mass is 10.0. The van der Waals surface area contributed by atoms with E-state index < -0.39 is 0 Å². The number of benzene rings is 1. The zero-order valence-corrected chi connectivity index (χ0v) is 12.5. The van der Waals surface area contributed by atoms with E-state index in [0.717, 1.165) is 30.7 Å². The first kappa shape index (κ1) is 14.6. The highest BCUT2D eigenvalue weighted by Gasteiger charge is 2.28. The monoisotopic (exact) mass is 299 g/mol. The summed E-state index contributed by atoms with van der Waals surface area (Å²) in [4.78, 5) is 14.2. The van der Waals surface area contributed by atoms with Crippen LogP contribution in [0.1, 0.15) is 36.0 Å². The van der Waals surface area contributed by atoms with E-state index in [4.69, 9.17) is 4.42 Å². The average molecular weight is 299 g/mol. The Morgan fingerprint density at radius 2 is 2.05 bits per heavy atom. The van der Waals surface area contributed by atoms with Crippen LogP contribution in [0.15, 0.2) is 46.9 Å². The van der Waals surface area contributed by atoms with Gasteiger partial charge in [-0.15, -0.1) is 0 Å². The predicted octanol–water partition coefficient (Wildman–Crippen LogP) is 4.10. The predicted molar refractivity (Wildman–Crippen MR) is 82.6 cm³/mol. The molecule has 0 radical (unpaired) electrons. The van der Waals surface area contributed by atoms with Crippen LogP contribution < -0.4 is 0 Å². The molecule has 1 aromatic heterocycles. The first-order valence-electron chi connectivity index (χ1n) is 7.44. The molecular weight excluding hydrogens is 281 g/mol. The Bertz CT molecular complexity index is 687. The number of hydrogen-bond acceptors (Lipinski definition) is 2. The van der Waals surface area contributed by atoms with Crippen LogP contribution in [0.3, 0.4) is 0 Å². The maximum atomic E-state index is 13.0. The molecule has 2 aromatic rings. The van der Waals surface area contributed by atoms with Crippen LogP contribution in [0.4, 0.5) is 4.39 Å². The largest absolute Gasteiger partial charge is 0.462 e. The number of halogens is 1. The zero-order chi connectivity index (χ0) is 15.5. The number of hydrogen-bond donors (Lipinski definition) is 0. The first-order chi connectivity index (χ1) is 10.6. The van der Waals surface area contributed by atoms with Crippen LogP contribution in [-0.2, 0) is 4.79 Å². The summed E-state index contributed by atoms with van der Waals surface area (Å²) < 4.78 is 18.5. The van der Waals surface area contributed by atoms with Crippen molar-refractivity contribution in [1.29, 1.82) is 0 Å². The number of likely N-dealkylation sites (tertiary alicyclic amines) is 1. The molecule has 114 valence electrons. The molecule has 1 unspecified atom stereocenters. The fraction of sp³-hybridized carbons (Fsp3) is 0.278. The molecule has 0 aliphatic carbocycles. The highest BCUT2D eigenvalue weighted by molar-refractivity contribution is 5.91. The van der Waals surface area contributed by atoms with Crippen molar-refractivity contribution in [3.63, 3.8) is 0 Å². The average Bonchev–Trinajstić information content (AvgIpc) is 3.14. The minimum Gasteiger partial charge on any atom is -0.462 e. The van der Waals surface area contributed by atoms with Gasteiger partial charge >= 0.3 is 0 Å². The van der Waals surface area contributed by atoms with Gasteiger partial charge in [0.25, 0.3) is 0 Å². The summed E-state index contributed by atoms with van der Waals surface area (Å²) in [7, 11) is 0. The Labute approximate surface area is 129 Å². The van der Waals surface area contributed by atoms with Gasteiger partial charge < -0.3 is 9.32 Å². The number of carbonyl (C=O) groups excluding carboxylic acids is 1. The van der Waals surface area contributed by atoms with Crippen molar-refractivity contribution in [3.05, 3.63) is 65.4 Å². The van der Waals surface area contributed by atoms with E-state index in [1.54, 1.807) is 24.3 Å². The molecule has 1 saturated heterocycles. The number of amides is 1. The molecule has 1 amide bonds. The SMILES string of the molecule is Cc1ccc(/C=C/C(=O)N2CCCC2c2ccc(F)cc2)o1. The van der Waals surface area contributed by atoms with E-state index in [1.165, 1.54) is 12.1 Å². The van der Waals surface area contributed by atoms with Gasteiger partial charge in [0.05, 0.1) is 6.04 Å². The lowest BCUT2D eigenvalue weighted by molar-refractivity contribution is -0.126. The summed E-state index contributed by atoms with van der Waals surface area (Å²) >= 11 is 0. The number of rotatable bonds is 3. The van der Waals surface area contributed by atoms with Crippen molar-refractivity contribution < 1.29 is 13.6 Å². The van der Waals surface area contributed by atoms with E-state index in [0.29, 0.717) is 5.76 Å². The third-order valence-electron chi connectivity index (χ3n) is 3.94. The second-order valence-corrected chi connectivity index (χ2v) is 5.52. The minimum atomic E-state index is -0.257. The highest BCUT2D eigenvalue weighted by atomic mass is 19.1. The van der Waals surface area contributed by atoms with Gasteiger partial charge in [-0.05, 0) is 55.7 Å². The molecule has 1 aliphatic heterocycles. The Kier molecular flexibility index (Phi) is 4.09. The van der Waals surface area contributed by atoms with Crippen molar-refractivity contribution in [3.8, 4) is 0 Å². The number of aryl methyl sites for hydroxylation is 1. The quantitative estimate of drug-likeness (QED) is 0.799. The molecule has 2 heterocycles. The minimum absolute atomic E-state index is 0.0242. The Hall–Kier alpha value is -2.36. The van der Waals surface area contributed by atoms with Crippen LogP contribution in [-0.4, -0.2) is 17.4 Å². The molecule has 0 N–H and O–H groups in total. The Morgan fingerprint density at radius 3 is 2.73 bits per heavy atom. The van der Waals surface area contributed by atoms with Crippen molar-refractivity contribution in [2.24, 2.45) is 0 Å². The summed E-state index contributed by atoms with van der Waals surface area (Å²) in [5.41, 5.74) is 0.981. The Balaban J connectivity index is 1.73. The summed E-state index contributed by atoms with van der Waals surface area (Å²) in [5, 5.41) is 0. The van der Waals surface area contributed by atoms with Crippen LogP contribution in [0.25, 0.3) is 6.08 Å². The van der Waals surface area contributed by atoms with Gasteiger partial charge in [0, 0.05) is 12.6 Å². The second-order valence-electron chi connectivity index (χ2n) is 5.52. The lowest BCUT2D eigenvalue weighted by Crippen LogP contribution is -2.28. The smallest absolute Gasteiger partial charge is 0.247 e.